The van der Waals surface area contributed by atoms with E-state index in [4.69, 9.17) is 19.9 Å². The fourth-order valence-electron chi connectivity index (χ4n) is 6.04. The van der Waals surface area contributed by atoms with Crippen LogP contribution in [0.25, 0.3) is 74.7 Å². The van der Waals surface area contributed by atoms with Crippen LogP contribution in [-0.2, 0) is 19.5 Å². The fraction of sp³-hybridized carbons (Fsp3) is 0.143. The van der Waals surface area contributed by atoms with Gasteiger partial charge in [-0.2, -0.15) is 0 Å². The number of aromatic nitrogens is 4. The summed E-state index contributed by atoms with van der Waals surface area (Å²) in [7, 11) is 0. The molecule has 5 heteroatoms. The van der Waals surface area contributed by atoms with Crippen molar-refractivity contribution in [3.8, 4) is 34.1 Å². The van der Waals surface area contributed by atoms with Crippen LogP contribution in [0, 0.1) is 11.8 Å². The van der Waals surface area contributed by atoms with Gasteiger partial charge in [0.05, 0.1) is 22.8 Å². The van der Waals surface area contributed by atoms with Crippen LogP contribution in [-0.4, -0.2) is 9.97 Å². The summed E-state index contributed by atoms with van der Waals surface area (Å²) in [4.78, 5) is 20.7. The van der Waals surface area contributed by atoms with Crippen molar-refractivity contribution in [2.45, 2.75) is 39.0 Å². The third-order valence-corrected chi connectivity index (χ3v) is 8.35. The Hall–Kier alpha value is -5.04. The van der Waals surface area contributed by atoms with E-state index in [2.05, 4.69) is 86.0 Å². The molecule has 0 saturated carbocycles. The van der Waals surface area contributed by atoms with Crippen molar-refractivity contribution in [3.63, 3.8) is 0 Å². The third kappa shape index (κ3) is 6.61. The van der Waals surface area contributed by atoms with Gasteiger partial charge in [0.25, 0.3) is 0 Å². The molecule has 0 radical (unpaired) electrons. The summed E-state index contributed by atoms with van der Waals surface area (Å²) >= 11 is 0. The van der Waals surface area contributed by atoms with Crippen molar-refractivity contribution in [2.75, 3.05) is 0 Å². The average Bonchev–Trinajstić information content (AvgIpc) is 3.92. The van der Waals surface area contributed by atoms with Gasteiger partial charge in [-0.15, -0.1) is 22.1 Å². The van der Waals surface area contributed by atoms with Gasteiger partial charge < -0.3 is 9.97 Å². The number of nitrogens with zero attached hydrogens (tertiary/aromatic N) is 4. The summed E-state index contributed by atoms with van der Waals surface area (Å²) in [6, 6.07) is 28.9. The molecule has 0 N–H and O–H groups in total. The molecule has 0 aliphatic carbocycles. The van der Waals surface area contributed by atoms with Crippen LogP contribution in [0.5, 0.6) is 0 Å². The second-order valence-corrected chi connectivity index (χ2v) is 11.4. The topological polar surface area (TPSA) is 54.0 Å². The van der Waals surface area contributed by atoms with Crippen LogP contribution in [0.1, 0.15) is 72.9 Å². The molecule has 0 fully saturated rings. The first-order chi connectivity index (χ1) is 22.7. The van der Waals surface area contributed by atoms with Crippen molar-refractivity contribution in [3.05, 3.63) is 125 Å². The standard InChI is InChI=1S/C42H34N4.Zn/c1-3-5-6-7-8-15-20-32-35-23-27-39(45-35)41(29-16-11-9-12-17-29)37-25-21-33(43-37)31(4-2)34-22-26-38(44-34)42(30-18-13-10-14-19-30)40-28-24-36(32)46-40;/h4,9-14,16-19,21-28H,2-3,5-8H2,1H3;/q-2;+2. The molecular weight excluding hydrogens is 626 g/mol. The predicted octanol–water partition coefficient (Wildman–Crippen LogP) is 10.2. The fourth-order valence-corrected chi connectivity index (χ4v) is 6.04. The molecule has 5 aromatic rings. The Morgan fingerprint density at radius 3 is 1.77 bits per heavy atom. The molecule has 2 aliphatic rings. The Balaban J connectivity index is 0.00000386. The Morgan fingerprint density at radius 2 is 1.15 bits per heavy atom. The van der Waals surface area contributed by atoms with Crippen LogP contribution >= 0.6 is 0 Å². The van der Waals surface area contributed by atoms with Gasteiger partial charge in [0, 0.05) is 12.0 Å². The second kappa shape index (κ2) is 14.6. The molecule has 4 nitrogen and oxygen atoms in total. The summed E-state index contributed by atoms with van der Waals surface area (Å²) < 4.78 is 0. The molecule has 3 aromatic heterocycles. The molecule has 2 aliphatic heterocycles. The Morgan fingerprint density at radius 1 is 0.617 bits per heavy atom. The minimum atomic E-state index is 0. The zero-order valence-electron chi connectivity index (χ0n) is 26.7. The van der Waals surface area contributed by atoms with E-state index in [1.165, 1.54) is 19.3 Å². The van der Waals surface area contributed by atoms with Gasteiger partial charge in [-0.05, 0) is 58.5 Å². The van der Waals surface area contributed by atoms with Crippen LogP contribution in [0.2, 0.25) is 0 Å². The molecule has 0 spiro atoms. The van der Waals surface area contributed by atoms with E-state index < -0.39 is 0 Å². The largest absolute Gasteiger partial charge is 2.00 e. The molecule has 0 unspecified atom stereocenters. The smallest absolute Gasteiger partial charge is 0.657 e. The first-order valence-corrected chi connectivity index (χ1v) is 16.0. The van der Waals surface area contributed by atoms with E-state index in [9.17, 15) is 0 Å². The van der Waals surface area contributed by atoms with Crippen LogP contribution in [0.15, 0.2) is 91.5 Å². The van der Waals surface area contributed by atoms with E-state index >= 15 is 0 Å². The molecule has 7 rings (SSSR count). The maximum absolute atomic E-state index is 5.20. The number of hydrogen-bond acceptors (Lipinski definition) is 2. The van der Waals surface area contributed by atoms with Gasteiger partial charge in [-0.25, -0.2) is 9.97 Å². The van der Waals surface area contributed by atoms with Crippen LogP contribution in [0.3, 0.4) is 0 Å². The molecule has 0 saturated heterocycles. The zero-order valence-corrected chi connectivity index (χ0v) is 29.7. The monoisotopic (exact) mass is 658 g/mol. The van der Waals surface area contributed by atoms with Gasteiger partial charge in [-0.1, -0.05) is 136 Å². The average molecular weight is 660 g/mol. The zero-order chi connectivity index (χ0) is 31.3. The first-order valence-electron chi connectivity index (χ1n) is 16.0. The van der Waals surface area contributed by atoms with Gasteiger partial charge in [0.15, 0.2) is 0 Å². The summed E-state index contributed by atoms with van der Waals surface area (Å²) in [5.41, 5.74) is 12.4. The molecule has 0 amide bonds. The summed E-state index contributed by atoms with van der Waals surface area (Å²) in [5.74, 6) is 6.94. The number of unbranched alkanes of at least 4 members (excludes halogenated alkanes) is 4. The van der Waals surface area contributed by atoms with Gasteiger partial charge >= 0.3 is 19.5 Å². The van der Waals surface area contributed by atoms with Crippen molar-refractivity contribution in [1.29, 1.82) is 0 Å². The van der Waals surface area contributed by atoms with E-state index in [1.54, 1.807) is 0 Å². The third-order valence-electron chi connectivity index (χ3n) is 8.35. The Kier molecular flexibility index (Phi) is 9.91. The van der Waals surface area contributed by atoms with Crippen LogP contribution in [0.4, 0.5) is 0 Å². The molecule has 47 heavy (non-hydrogen) atoms. The predicted molar refractivity (Wildman–Crippen MR) is 193 cm³/mol. The number of benzene rings is 2. The minimum Gasteiger partial charge on any atom is -0.657 e. The quantitative estimate of drug-likeness (QED) is 0.0971. The number of hydrogen-bond donors (Lipinski definition) is 0. The molecule has 0 atom stereocenters. The maximum Gasteiger partial charge on any atom is 2.00 e. The summed E-state index contributed by atoms with van der Waals surface area (Å²) in [6.45, 7) is 6.37. The van der Waals surface area contributed by atoms with E-state index in [0.29, 0.717) is 0 Å². The van der Waals surface area contributed by atoms with Gasteiger partial charge in [0.1, 0.15) is 0 Å². The van der Waals surface area contributed by atoms with Gasteiger partial charge in [-0.3, -0.25) is 0 Å². The van der Waals surface area contributed by atoms with Crippen LogP contribution < -0.4 is 9.97 Å². The Bertz CT molecular complexity index is 2170. The second-order valence-electron chi connectivity index (χ2n) is 11.4. The summed E-state index contributed by atoms with van der Waals surface area (Å²) in [6.07, 6.45) is 15.6. The normalized spacial score (nSPS) is 11.5. The SMILES string of the molecule is C=Cc1c2nc(c(-c3ccccc3)c3ccc([n-]3)c(C#CCCCCCC)c3nc(c(-c4ccccc4)c4ccc1[n-]4)C=C3)C=C2.[Zn+2]. The van der Waals surface area contributed by atoms with Crippen molar-refractivity contribution < 1.29 is 19.5 Å². The molecule has 5 heterocycles. The van der Waals surface area contributed by atoms with Crippen molar-refractivity contribution in [2.24, 2.45) is 0 Å². The molecule has 8 bridgehead atoms. The van der Waals surface area contributed by atoms with Crippen molar-refractivity contribution >= 4 is 52.4 Å². The Labute approximate surface area is 289 Å². The number of rotatable bonds is 7. The minimum absolute atomic E-state index is 0. The first kappa shape index (κ1) is 31.9. The van der Waals surface area contributed by atoms with Gasteiger partial charge in [0.2, 0.25) is 0 Å². The number of fused-ring (bicyclic) bond motifs is 8. The maximum atomic E-state index is 5.20. The molecule has 224 valence electrons. The van der Waals surface area contributed by atoms with E-state index in [-0.39, 0.29) is 19.5 Å². The molecule has 2 aromatic carbocycles. The van der Waals surface area contributed by atoms with E-state index in [1.807, 2.05) is 54.6 Å². The summed E-state index contributed by atoms with van der Waals surface area (Å²) in [5, 5.41) is 0. The van der Waals surface area contributed by atoms with Crippen molar-refractivity contribution in [1.82, 2.24) is 19.9 Å². The molecular formula is C42H34N4Zn. The van der Waals surface area contributed by atoms with E-state index in [0.717, 1.165) is 91.1 Å².